The maximum atomic E-state index is 11.2. The Kier molecular flexibility index (Phi) is 5.54. The number of quaternary nitrogens is 1. The van der Waals surface area contributed by atoms with Crippen molar-refractivity contribution in [2.45, 2.75) is 13.0 Å². The van der Waals surface area contributed by atoms with Crippen LogP contribution >= 0.6 is 0 Å². The number of benzene rings is 1. The number of hydrogen-bond donors (Lipinski definition) is 2. The highest BCUT2D eigenvalue weighted by atomic mass is 35.5. The molecule has 0 aliphatic carbocycles. The standard InChI is InChI=1S/C13H15N3O2.ClH/c1-9(14)13(17)16-15-7-10-6-11-4-2-3-5-12(11)18-8-10;/h2-7,9H,8,14H2,1H3,(H,16,17);1H/b15-7+;/t9-;/m1./s1. The van der Waals surface area contributed by atoms with Gasteiger partial charge in [0.25, 0.3) is 5.91 Å². The van der Waals surface area contributed by atoms with Gasteiger partial charge >= 0.3 is 0 Å². The zero-order valence-corrected chi connectivity index (χ0v) is 11.4. The van der Waals surface area contributed by atoms with Crippen molar-refractivity contribution in [3.05, 3.63) is 35.4 Å². The van der Waals surface area contributed by atoms with Crippen LogP contribution in [-0.4, -0.2) is 24.8 Å². The minimum atomic E-state index is -0.320. The molecular weight excluding hydrogens is 266 g/mol. The Morgan fingerprint density at radius 3 is 3.00 bits per heavy atom. The maximum absolute atomic E-state index is 11.2. The Hall–Kier alpha value is -1.85. The van der Waals surface area contributed by atoms with Gasteiger partial charge in [-0.25, -0.2) is 5.43 Å². The average molecular weight is 282 g/mol. The van der Waals surface area contributed by atoms with E-state index in [9.17, 15) is 4.79 Å². The predicted octanol–water partition coefficient (Wildman–Crippen LogP) is -2.80. The first kappa shape index (κ1) is 15.2. The van der Waals surface area contributed by atoms with E-state index in [1.807, 2.05) is 30.3 Å². The van der Waals surface area contributed by atoms with Gasteiger partial charge in [-0.3, -0.25) is 4.79 Å². The summed E-state index contributed by atoms with van der Waals surface area (Å²) in [6.07, 6.45) is 3.58. The quantitative estimate of drug-likeness (QED) is 0.464. The molecule has 102 valence electrons. The molecule has 0 aromatic heterocycles. The Morgan fingerprint density at radius 2 is 2.26 bits per heavy atom. The SMILES string of the molecule is C[C@@H]([NH3+])C(=O)N/N=C/C1=Cc2ccccc2OC1.[Cl-]. The van der Waals surface area contributed by atoms with Crippen LogP contribution < -0.4 is 28.3 Å². The second-order valence-corrected chi connectivity index (χ2v) is 4.18. The monoisotopic (exact) mass is 281 g/mol. The van der Waals surface area contributed by atoms with E-state index in [1.54, 1.807) is 13.1 Å². The number of para-hydroxylation sites is 1. The highest BCUT2D eigenvalue weighted by Crippen LogP contribution is 2.24. The summed E-state index contributed by atoms with van der Waals surface area (Å²) >= 11 is 0. The fourth-order valence-electron chi connectivity index (χ4n) is 1.50. The lowest BCUT2D eigenvalue weighted by Gasteiger charge is -2.15. The van der Waals surface area contributed by atoms with Crippen LogP contribution in [0.3, 0.4) is 0 Å². The van der Waals surface area contributed by atoms with Crippen LogP contribution in [0.2, 0.25) is 0 Å². The Bertz CT molecular complexity index is 512. The van der Waals surface area contributed by atoms with Crippen molar-refractivity contribution in [3.63, 3.8) is 0 Å². The van der Waals surface area contributed by atoms with Crippen molar-refractivity contribution in [3.8, 4) is 5.75 Å². The zero-order chi connectivity index (χ0) is 13.0. The average Bonchev–Trinajstić information content (AvgIpc) is 2.38. The van der Waals surface area contributed by atoms with Crippen LogP contribution in [0.25, 0.3) is 6.08 Å². The lowest BCUT2D eigenvalue weighted by molar-refractivity contribution is -0.398. The largest absolute Gasteiger partial charge is 1.00 e. The highest BCUT2D eigenvalue weighted by Gasteiger charge is 2.10. The summed E-state index contributed by atoms with van der Waals surface area (Å²) in [5.74, 6) is 0.661. The molecule has 5 nitrogen and oxygen atoms in total. The third-order valence-electron chi connectivity index (χ3n) is 2.51. The summed E-state index contributed by atoms with van der Waals surface area (Å²) < 4.78 is 5.56. The van der Waals surface area contributed by atoms with Crippen molar-refractivity contribution in [2.75, 3.05) is 6.61 Å². The first-order valence-corrected chi connectivity index (χ1v) is 5.75. The molecule has 1 heterocycles. The Morgan fingerprint density at radius 1 is 1.53 bits per heavy atom. The number of fused-ring (bicyclic) bond motifs is 1. The molecule has 1 aliphatic heterocycles. The van der Waals surface area contributed by atoms with Gasteiger partial charge in [-0.2, -0.15) is 5.10 Å². The van der Waals surface area contributed by atoms with Gasteiger partial charge in [0.05, 0.1) is 6.21 Å². The fourth-order valence-corrected chi connectivity index (χ4v) is 1.50. The molecule has 0 radical (unpaired) electrons. The number of rotatable bonds is 3. The topological polar surface area (TPSA) is 78.3 Å². The molecule has 6 heteroatoms. The van der Waals surface area contributed by atoms with E-state index < -0.39 is 0 Å². The molecule has 0 saturated carbocycles. The summed E-state index contributed by atoms with van der Waals surface area (Å²) in [7, 11) is 0. The molecule has 2 rings (SSSR count). The van der Waals surface area contributed by atoms with E-state index in [1.165, 1.54) is 0 Å². The van der Waals surface area contributed by atoms with Gasteiger partial charge in [0.2, 0.25) is 0 Å². The molecule has 4 N–H and O–H groups in total. The molecule has 0 saturated heterocycles. The second-order valence-electron chi connectivity index (χ2n) is 4.18. The van der Waals surface area contributed by atoms with Crippen molar-refractivity contribution in [1.29, 1.82) is 0 Å². The molecule has 1 amide bonds. The number of nitrogens with one attached hydrogen (secondary N) is 1. The van der Waals surface area contributed by atoms with Crippen LogP contribution in [-0.2, 0) is 4.79 Å². The van der Waals surface area contributed by atoms with Crippen LogP contribution in [0, 0.1) is 0 Å². The minimum absolute atomic E-state index is 0. The lowest BCUT2D eigenvalue weighted by atomic mass is 10.1. The first-order chi connectivity index (χ1) is 8.66. The first-order valence-electron chi connectivity index (χ1n) is 5.75. The van der Waals surface area contributed by atoms with Gasteiger partial charge in [0.15, 0.2) is 6.04 Å². The van der Waals surface area contributed by atoms with Crippen molar-refractivity contribution in [1.82, 2.24) is 5.43 Å². The molecule has 1 atom stereocenters. The van der Waals surface area contributed by atoms with E-state index in [-0.39, 0.29) is 24.4 Å². The van der Waals surface area contributed by atoms with E-state index in [0.717, 1.165) is 16.9 Å². The number of hydrazone groups is 1. The van der Waals surface area contributed by atoms with Gasteiger partial charge in [-0.05, 0) is 19.1 Å². The second kappa shape index (κ2) is 6.92. The smallest absolute Gasteiger partial charge is 0.297 e. The lowest BCUT2D eigenvalue weighted by Crippen LogP contribution is -3.00. The van der Waals surface area contributed by atoms with Gasteiger partial charge < -0.3 is 22.9 Å². The molecule has 19 heavy (non-hydrogen) atoms. The number of ether oxygens (including phenoxy) is 1. The predicted molar refractivity (Wildman–Crippen MR) is 68.9 cm³/mol. The summed E-state index contributed by atoms with van der Waals surface area (Å²) in [4.78, 5) is 11.2. The highest BCUT2D eigenvalue weighted by molar-refractivity contribution is 5.89. The van der Waals surface area contributed by atoms with Crippen LogP contribution in [0.4, 0.5) is 0 Å². The molecule has 1 aromatic rings. The summed E-state index contributed by atoms with van der Waals surface area (Å²) in [5, 5.41) is 3.88. The molecule has 0 bridgehead atoms. The molecule has 0 unspecified atom stereocenters. The summed E-state index contributed by atoms with van der Waals surface area (Å²) in [6.45, 7) is 2.17. The fraction of sp³-hybridized carbons (Fsp3) is 0.231. The molecular formula is C13H16ClN3O2. The number of nitrogens with zero attached hydrogens (tertiary/aromatic N) is 1. The van der Waals surface area contributed by atoms with Gasteiger partial charge in [0, 0.05) is 11.1 Å². The molecule has 0 spiro atoms. The van der Waals surface area contributed by atoms with E-state index in [4.69, 9.17) is 4.74 Å². The van der Waals surface area contributed by atoms with Gasteiger partial charge in [-0.1, -0.05) is 18.2 Å². The number of carbonyl (C=O) groups is 1. The summed E-state index contributed by atoms with van der Waals surface area (Å²) in [6, 6.07) is 7.46. The van der Waals surface area contributed by atoms with E-state index in [0.29, 0.717) is 6.61 Å². The Labute approximate surface area is 117 Å². The molecule has 1 aliphatic rings. The van der Waals surface area contributed by atoms with Crippen molar-refractivity contribution < 1.29 is 27.7 Å². The molecule has 0 fully saturated rings. The van der Waals surface area contributed by atoms with Crippen LogP contribution in [0.1, 0.15) is 12.5 Å². The Balaban J connectivity index is 0.00000180. The third kappa shape index (κ3) is 4.08. The summed E-state index contributed by atoms with van der Waals surface area (Å²) in [5.41, 5.74) is 7.96. The number of amides is 1. The van der Waals surface area contributed by atoms with E-state index >= 15 is 0 Å². The van der Waals surface area contributed by atoms with Crippen molar-refractivity contribution in [2.24, 2.45) is 5.10 Å². The number of carbonyl (C=O) groups excluding carboxylic acids is 1. The normalized spacial score (nSPS) is 14.7. The van der Waals surface area contributed by atoms with Crippen molar-refractivity contribution >= 4 is 18.2 Å². The third-order valence-corrected chi connectivity index (χ3v) is 2.51. The van der Waals surface area contributed by atoms with Gasteiger partial charge in [-0.15, -0.1) is 0 Å². The number of halogens is 1. The van der Waals surface area contributed by atoms with Gasteiger partial charge in [0.1, 0.15) is 12.4 Å². The van der Waals surface area contributed by atoms with Crippen LogP contribution in [0.15, 0.2) is 34.9 Å². The number of hydrogen-bond acceptors (Lipinski definition) is 3. The maximum Gasteiger partial charge on any atom is 0.297 e. The minimum Gasteiger partial charge on any atom is -1.00 e. The molecule has 1 aromatic carbocycles. The zero-order valence-electron chi connectivity index (χ0n) is 10.6. The van der Waals surface area contributed by atoms with Crippen LogP contribution in [0.5, 0.6) is 5.75 Å². The van der Waals surface area contributed by atoms with E-state index in [2.05, 4.69) is 16.3 Å².